The van der Waals surface area contributed by atoms with E-state index in [2.05, 4.69) is 17.1 Å². The van der Waals surface area contributed by atoms with Gasteiger partial charge in [0, 0.05) is 19.6 Å². The van der Waals surface area contributed by atoms with Crippen LogP contribution in [-0.2, 0) is 4.79 Å². The molecule has 2 aliphatic rings. The van der Waals surface area contributed by atoms with Crippen molar-refractivity contribution in [3.8, 4) is 0 Å². The molecular weight excluding hydrogens is 250 g/mol. The van der Waals surface area contributed by atoms with Crippen LogP contribution < -0.4 is 5.32 Å². The SMILES string of the molecule is CC(CNCC(=O)N1CCCCCC1)CN1CCCC1. The average molecular weight is 281 g/mol. The van der Waals surface area contributed by atoms with Crippen LogP contribution in [0.4, 0.5) is 0 Å². The summed E-state index contributed by atoms with van der Waals surface area (Å²) in [4.78, 5) is 16.7. The van der Waals surface area contributed by atoms with Gasteiger partial charge in [0.05, 0.1) is 6.54 Å². The van der Waals surface area contributed by atoms with Crippen molar-refractivity contribution < 1.29 is 4.79 Å². The van der Waals surface area contributed by atoms with Crippen LogP contribution in [0.1, 0.15) is 45.4 Å². The normalized spacial score (nSPS) is 22.8. The Morgan fingerprint density at radius 3 is 2.25 bits per heavy atom. The smallest absolute Gasteiger partial charge is 0.236 e. The van der Waals surface area contributed by atoms with Crippen molar-refractivity contribution in [1.29, 1.82) is 0 Å². The van der Waals surface area contributed by atoms with Gasteiger partial charge in [0.2, 0.25) is 5.91 Å². The maximum atomic E-state index is 12.1. The Kier molecular flexibility index (Phi) is 6.80. The highest BCUT2D eigenvalue weighted by Crippen LogP contribution is 2.10. The lowest BCUT2D eigenvalue weighted by molar-refractivity contribution is -0.130. The zero-order valence-electron chi connectivity index (χ0n) is 13.1. The summed E-state index contributed by atoms with van der Waals surface area (Å²) in [5.74, 6) is 0.922. The Morgan fingerprint density at radius 2 is 1.60 bits per heavy atom. The van der Waals surface area contributed by atoms with Crippen LogP contribution in [0.3, 0.4) is 0 Å². The number of nitrogens with one attached hydrogen (secondary N) is 1. The van der Waals surface area contributed by atoms with Crippen molar-refractivity contribution in [2.75, 3.05) is 45.8 Å². The first-order valence-electron chi connectivity index (χ1n) is 8.46. The molecule has 0 spiro atoms. The first-order valence-corrected chi connectivity index (χ1v) is 8.46. The van der Waals surface area contributed by atoms with Gasteiger partial charge in [-0.15, -0.1) is 0 Å². The summed E-state index contributed by atoms with van der Waals surface area (Å²) in [5.41, 5.74) is 0. The van der Waals surface area contributed by atoms with Crippen molar-refractivity contribution in [3.63, 3.8) is 0 Å². The molecule has 0 radical (unpaired) electrons. The van der Waals surface area contributed by atoms with E-state index in [1.807, 2.05) is 4.90 Å². The third kappa shape index (κ3) is 5.41. The van der Waals surface area contributed by atoms with Crippen molar-refractivity contribution in [3.05, 3.63) is 0 Å². The van der Waals surface area contributed by atoms with Crippen LogP contribution in [0.15, 0.2) is 0 Å². The molecule has 1 amide bonds. The highest BCUT2D eigenvalue weighted by molar-refractivity contribution is 5.78. The van der Waals surface area contributed by atoms with Crippen molar-refractivity contribution in [2.45, 2.75) is 45.4 Å². The molecule has 0 aromatic carbocycles. The van der Waals surface area contributed by atoms with Gasteiger partial charge in [-0.1, -0.05) is 19.8 Å². The number of amides is 1. The fourth-order valence-electron chi connectivity index (χ4n) is 3.33. The molecule has 0 aromatic rings. The first-order chi connectivity index (χ1) is 9.75. The van der Waals surface area contributed by atoms with Gasteiger partial charge in [0.1, 0.15) is 0 Å². The molecule has 2 heterocycles. The van der Waals surface area contributed by atoms with E-state index in [9.17, 15) is 4.79 Å². The molecule has 0 aliphatic carbocycles. The zero-order valence-corrected chi connectivity index (χ0v) is 13.1. The molecule has 2 aliphatic heterocycles. The van der Waals surface area contributed by atoms with Crippen LogP contribution in [0.2, 0.25) is 0 Å². The second kappa shape index (κ2) is 8.63. The molecule has 4 nitrogen and oxygen atoms in total. The minimum absolute atomic E-state index is 0.292. The zero-order chi connectivity index (χ0) is 14.2. The summed E-state index contributed by atoms with van der Waals surface area (Å²) in [5, 5.41) is 3.36. The molecule has 1 unspecified atom stereocenters. The van der Waals surface area contributed by atoms with Crippen LogP contribution in [0.25, 0.3) is 0 Å². The Labute approximate surface area is 123 Å². The van der Waals surface area contributed by atoms with Gasteiger partial charge >= 0.3 is 0 Å². The number of likely N-dealkylation sites (tertiary alicyclic amines) is 2. The monoisotopic (exact) mass is 281 g/mol. The maximum absolute atomic E-state index is 12.1. The molecule has 0 bridgehead atoms. The lowest BCUT2D eigenvalue weighted by Crippen LogP contribution is -2.40. The minimum Gasteiger partial charge on any atom is -0.342 e. The predicted molar refractivity (Wildman–Crippen MR) is 82.8 cm³/mol. The van der Waals surface area contributed by atoms with Crippen LogP contribution in [-0.4, -0.2) is 61.5 Å². The van der Waals surface area contributed by atoms with Gasteiger partial charge in [-0.2, -0.15) is 0 Å². The fraction of sp³-hybridized carbons (Fsp3) is 0.938. The van der Waals surface area contributed by atoms with E-state index in [0.717, 1.165) is 19.6 Å². The van der Waals surface area contributed by atoms with E-state index in [1.54, 1.807) is 0 Å². The largest absolute Gasteiger partial charge is 0.342 e. The Balaban J connectivity index is 1.57. The fourth-order valence-corrected chi connectivity index (χ4v) is 3.33. The van der Waals surface area contributed by atoms with E-state index in [-0.39, 0.29) is 0 Å². The molecule has 116 valence electrons. The quantitative estimate of drug-likeness (QED) is 0.805. The number of carbonyl (C=O) groups is 1. The molecule has 1 N–H and O–H groups in total. The third-order valence-electron chi connectivity index (χ3n) is 4.50. The molecule has 2 saturated heterocycles. The van der Waals surface area contributed by atoms with E-state index in [4.69, 9.17) is 0 Å². The van der Waals surface area contributed by atoms with Crippen LogP contribution in [0.5, 0.6) is 0 Å². The van der Waals surface area contributed by atoms with Crippen LogP contribution in [0, 0.1) is 5.92 Å². The highest BCUT2D eigenvalue weighted by Gasteiger charge is 2.17. The van der Waals surface area contributed by atoms with Gasteiger partial charge < -0.3 is 15.1 Å². The summed E-state index contributed by atoms with van der Waals surface area (Å²) < 4.78 is 0. The topological polar surface area (TPSA) is 35.6 Å². The highest BCUT2D eigenvalue weighted by atomic mass is 16.2. The lowest BCUT2D eigenvalue weighted by Gasteiger charge is -2.23. The number of carbonyl (C=O) groups excluding carboxylic acids is 1. The standard InChI is InChI=1S/C16H31N3O/c1-15(14-18-8-6-7-9-18)12-17-13-16(20)19-10-4-2-3-5-11-19/h15,17H,2-14H2,1H3. The molecule has 4 heteroatoms. The molecule has 0 aromatic heterocycles. The van der Waals surface area contributed by atoms with E-state index in [1.165, 1.54) is 58.2 Å². The molecule has 0 saturated carbocycles. The van der Waals surface area contributed by atoms with E-state index in [0.29, 0.717) is 18.4 Å². The molecule has 2 fully saturated rings. The third-order valence-corrected chi connectivity index (χ3v) is 4.50. The van der Waals surface area contributed by atoms with Gasteiger partial charge in [0.15, 0.2) is 0 Å². The van der Waals surface area contributed by atoms with Crippen LogP contribution >= 0.6 is 0 Å². The minimum atomic E-state index is 0.292. The van der Waals surface area contributed by atoms with E-state index >= 15 is 0 Å². The molecule has 20 heavy (non-hydrogen) atoms. The Bertz CT molecular complexity index is 281. The van der Waals surface area contributed by atoms with Gasteiger partial charge in [0.25, 0.3) is 0 Å². The van der Waals surface area contributed by atoms with Gasteiger partial charge in [-0.25, -0.2) is 0 Å². The number of nitrogens with zero attached hydrogens (tertiary/aromatic N) is 2. The lowest BCUT2D eigenvalue weighted by atomic mass is 10.1. The summed E-state index contributed by atoms with van der Waals surface area (Å²) in [6.07, 6.45) is 7.63. The van der Waals surface area contributed by atoms with Gasteiger partial charge in [-0.3, -0.25) is 4.79 Å². The first kappa shape index (κ1) is 15.8. The van der Waals surface area contributed by atoms with Crippen molar-refractivity contribution in [1.82, 2.24) is 15.1 Å². The van der Waals surface area contributed by atoms with Crippen molar-refractivity contribution in [2.24, 2.45) is 5.92 Å². The maximum Gasteiger partial charge on any atom is 0.236 e. The summed E-state index contributed by atoms with van der Waals surface area (Å²) in [6.45, 7) is 9.37. The number of hydrogen-bond acceptors (Lipinski definition) is 3. The summed E-state index contributed by atoms with van der Waals surface area (Å²) >= 11 is 0. The Hall–Kier alpha value is -0.610. The summed E-state index contributed by atoms with van der Waals surface area (Å²) in [7, 11) is 0. The second-order valence-corrected chi connectivity index (χ2v) is 6.54. The second-order valence-electron chi connectivity index (χ2n) is 6.54. The average Bonchev–Trinajstić information content (AvgIpc) is 2.78. The molecule has 2 rings (SSSR count). The van der Waals surface area contributed by atoms with Crippen molar-refractivity contribution >= 4 is 5.91 Å². The number of hydrogen-bond donors (Lipinski definition) is 1. The summed E-state index contributed by atoms with van der Waals surface area (Å²) in [6, 6.07) is 0. The van der Waals surface area contributed by atoms with Gasteiger partial charge in [-0.05, 0) is 51.2 Å². The predicted octanol–water partition coefficient (Wildman–Crippen LogP) is 1.71. The Morgan fingerprint density at radius 1 is 1.00 bits per heavy atom. The van der Waals surface area contributed by atoms with E-state index < -0.39 is 0 Å². The number of rotatable bonds is 6. The molecular formula is C16H31N3O. The molecule has 1 atom stereocenters.